The van der Waals surface area contributed by atoms with E-state index in [1.165, 1.54) is 0 Å². The van der Waals surface area contributed by atoms with Crippen molar-refractivity contribution in [3.8, 4) is 0 Å². The van der Waals surface area contributed by atoms with E-state index in [2.05, 4.69) is 27.5 Å². The summed E-state index contributed by atoms with van der Waals surface area (Å²) < 4.78 is 2.75. The highest BCUT2D eigenvalue weighted by atomic mass is 32.1. The molecule has 2 aromatic heterocycles. The van der Waals surface area contributed by atoms with Crippen molar-refractivity contribution in [2.24, 2.45) is 0 Å². The lowest BCUT2D eigenvalue weighted by molar-refractivity contribution is 0.647. The molecule has 4 nitrogen and oxygen atoms in total. The largest absolute Gasteiger partial charge is 0.304 e. The maximum atomic E-state index is 5.19. The van der Waals surface area contributed by atoms with Crippen molar-refractivity contribution < 1.29 is 0 Å². The van der Waals surface area contributed by atoms with Gasteiger partial charge in [-0.05, 0) is 19.1 Å². The number of thiazole rings is 1. The molecule has 0 aliphatic heterocycles. The maximum Gasteiger partial charge on any atom is 0.195 e. The van der Waals surface area contributed by atoms with Gasteiger partial charge in [0.2, 0.25) is 0 Å². The van der Waals surface area contributed by atoms with Crippen LogP contribution in [0.4, 0.5) is 0 Å². The number of H-pyrrole nitrogens is 1. The highest BCUT2D eigenvalue weighted by Crippen LogP contribution is 2.11. The fourth-order valence-corrected chi connectivity index (χ4v) is 2.58. The van der Waals surface area contributed by atoms with Crippen molar-refractivity contribution in [1.29, 1.82) is 0 Å². The average Bonchev–Trinajstić information content (AvgIpc) is 2.82. The third-order valence-corrected chi connectivity index (χ3v) is 3.71. The Hall–Kier alpha value is -1.01. The van der Waals surface area contributed by atoms with Gasteiger partial charge in [-0.3, -0.25) is 5.10 Å². The van der Waals surface area contributed by atoms with Gasteiger partial charge in [-0.2, -0.15) is 5.10 Å². The topological polar surface area (TPSA) is 46.5 Å². The van der Waals surface area contributed by atoms with E-state index in [-0.39, 0.29) is 0 Å². The number of nitrogens with zero attached hydrogens (tertiary/aromatic N) is 3. The third kappa shape index (κ3) is 2.38. The second kappa shape index (κ2) is 4.88. The molecule has 0 fully saturated rings. The summed E-state index contributed by atoms with van der Waals surface area (Å²) in [4.78, 5) is 4.44. The third-order valence-electron chi connectivity index (χ3n) is 2.37. The molecule has 2 aromatic rings. The molecule has 0 saturated heterocycles. The molecule has 0 saturated carbocycles. The number of rotatable bonds is 4. The van der Waals surface area contributed by atoms with E-state index in [1.54, 1.807) is 11.3 Å². The molecule has 0 unspecified atom stereocenters. The minimum atomic E-state index is 0.699. The average molecular weight is 254 g/mol. The smallest absolute Gasteiger partial charge is 0.195 e. The van der Waals surface area contributed by atoms with Gasteiger partial charge in [0.15, 0.2) is 4.77 Å². The van der Waals surface area contributed by atoms with Crippen LogP contribution in [-0.2, 0) is 19.4 Å². The highest BCUT2D eigenvalue weighted by molar-refractivity contribution is 7.71. The Morgan fingerprint density at radius 3 is 3.00 bits per heavy atom. The maximum absolute atomic E-state index is 5.19. The first-order chi connectivity index (χ1) is 7.70. The molecule has 86 valence electrons. The molecule has 0 radical (unpaired) electrons. The molecule has 6 heteroatoms. The quantitative estimate of drug-likeness (QED) is 0.853. The van der Waals surface area contributed by atoms with Gasteiger partial charge in [-0.1, -0.05) is 6.92 Å². The fraction of sp³-hybridized carbons (Fsp3) is 0.500. The van der Waals surface area contributed by atoms with Gasteiger partial charge in [0.05, 0.1) is 5.01 Å². The first-order valence-corrected chi connectivity index (χ1v) is 6.54. The van der Waals surface area contributed by atoms with Crippen LogP contribution in [0.15, 0.2) is 5.38 Å². The first-order valence-electron chi connectivity index (χ1n) is 5.25. The van der Waals surface area contributed by atoms with Crippen LogP contribution >= 0.6 is 23.6 Å². The zero-order chi connectivity index (χ0) is 11.5. The number of aromatic amines is 1. The van der Waals surface area contributed by atoms with Gasteiger partial charge in [0.25, 0.3) is 0 Å². The Morgan fingerprint density at radius 2 is 2.38 bits per heavy atom. The number of hydrogen-bond donors (Lipinski definition) is 1. The van der Waals surface area contributed by atoms with Gasteiger partial charge in [-0.25, -0.2) is 4.98 Å². The summed E-state index contributed by atoms with van der Waals surface area (Å²) in [6, 6.07) is 0. The molecule has 2 heterocycles. The van der Waals surface area contributed by atoms with Crippen molar-refractivity contribution in [2.45, 2.75) is 33.2 Å². The van der Waals surface area contributed by atoms with Crippen LogP contribution < -0.4 is 0 Å². The summed E-state index contributed by atoms with van der Waals surface area (Å²) in [6.07, 6.45) is 1.81. The van der Waals surface area contributed by atoms with E-state index in [4.69, 9.17) is 12.2 Å². The summed E-state index contributed by atoms with van der Waals surface area (Å²) in [5.74, 6) is 1.01. The number of aromatic nitrogens is 4. The second-order valence-corrected chi connectivity index (χ2v) is 4.91. The zero-order valence-corrected chi connectivity index (χ0v) is 11.0. The summed E-state index contributed by atoms with van der Waals surface area (Å²) in [6.45, 7) is 4.95. The zero-order valence-electron chi connectivity index (χ0n) is 9.36. The van der Waals surface area contributed by atoms with Crippen molar-refractivity contribution in [3.05, 3.63) is 26.7 Å². The minimum Gasteiger partial charge on any atom is -0.304 e. The number of nitrogens with one attached hydrogen (secondary N) is 1. The summed E-state index contributed by atoms with van der Waals surface area (Å²) in [7, 11) is 0. The molecule has 0 amide bonds. The Labute approximate surface area is 103 Å². The molecule has 16 heavy (non-hydrogen) atoms. The van der Waals surface area contributed by atoms with Crippen molar-refractivity contribution in [3.63, 3.8) is 0 Å². The lowest BCUT2D eigenvalue weighted by Crippen LogP contribution is -2.05. The Bertz CT molecular complexity index is 523. The Morgan fingerprint density at radius 1 is 1.56 bits per heavy atom. The molecule has 1 N–H and O–H groups in total. The van der Waals surface area contributed by atoms with Crippen LogP contribution in [0.5, 0.6) is 0 Å². The van der Waals surface area contributed by atoms with Crippen LogP contribution in [-0.4, -0.2) is 19.7 Å². The molecule has 0 spiro atoms. The molecule has 0 bridgehead atoms. The van der Waals surface area contributed by atoms with Crippen molar-refractivity contribution in [1.82, 2.24) is 19.7 Å². The van der Waals surface area contributed by atoms with E-state index in [0.29, 0.717) is 4.77 Å². The normalized spacial score (nSPS) is 10.9. The van der Waals surface area contributed by atoms with E-state index in [1.807, 2.05) is 11.5 Å². The van der Waals surface area contributed by atoms with Crippen LogP contribution in [0, 0.1) is 11.7 Å². The van der Waals surface area contributed by atoms with E-state index in [9.17, 15) is 0 Å². The van der Waals surface area contributed by atoms with Crippen LogP contribution in [0.25, 0.3) is 0 Å². The predicted molar refractivity (Wildman–Crippen MR) is 67.3 cm³/mol. The second-order valence-electron chi connectivity index (χ2n) is 3.58. The molecule has 0 atom stereocenters. The summed E-state index contributed by atoms with van der Waals surface area (Å²) >= 11 is 6.89. The molecule has 0 aliphatic carbocycles. The van der Waals surface area contributed by atoms with Crippen molar-refractivity contribution in [2.75, 3.05) is 0 Å². The summed E-state index contributed by atoms with van der Waals surface area (Å²) in [5.41, 5.74) is 1.09. The minimum absolute atomic E-state index is 0.699. The standard InChI is InChI=1S/C10H14N4S2/c1-3-8-12-13-10(15)14(8)5-4-9-11-7(2)6-16-9/h6H,3-5H2,1-2H3,(H,13,15). The molecule has 2 rings (SSSR count). The van der Waals surface area contributed by atoms with Crippen LogP contribution in [0.3, 0.4) is 0 Å². The lowest BCUT2D eigenvalue weighted by Gasteiger charge is -2.02. The van der Waals surface area contributed by atoms with E-state index in [0.717, 1.165) is 35.9 Å². The van der Waals surface area contributed by atoms with Crippen LogP contribution in [0.2, 0.25) is 0 Å². The van der Waals surface area contributed by atoms with Crippen LogP contribution in [0.1, 0.15) is 23.4 Å². The monoisotopic (exact) mass is 254 g/mol. The first kappa shape index (κ1) is 11.5. The lowest BCUT2D eigenvalue weighted by atomic mass is 10.4. The fourth-order valence-electron chi connectivity index (χ4n) is 1.58. The van der Waals surface area contributed by atoms with Gasteiger partial charge >= 0.3 is 0 Å². The number of hydrogen-bond acceptors (Lipinski definition) is 4. The SMILES string of the molecule is CCc1n[nH]c(=S)n1CCc1nc(C)cs1. The van der Waals surface area contributed by atoms with Crippen molar-refractivity contribution >= 4 is 23.6 Å². The predicted octanol–water partition coefficient (Wildman–Crippen LogP) is 2.51. The van der Waals surface area contributed by atoms with Gasteiger partial charge in [0, 0.05) is 30.5 Å². The summed E-state index contributed by atoms with van der Waals surface area (Å²) in [5, 5.41) is 10.2. The molecular formula is C10H14N4S2. The van der Waals surface area contributed by atoms with Gasteiger partial charge in [-0.15, -0.1) is 11.3 Å². The van der Waals surface area contributed by atoms with E-state index >= 15 is 0 Å². The molecular weight excluding hydrogens is 240 g/mol. The molecule has 0 aliphatic rings. The van der Waals surface area contributed by atoms with E-state index < -0.39 is 0 Å². The number of aryl methyl sites for hydroxylation is 3. The molecule has 0 aromatic carbocycles. The van der Waals surface area contributed by atoms with Gasteiger partial charge < -0.3 is 4.57 Å². The highest BCUT2D eigenvalue weighted by Gasteiger charge is 2.05. The Kier molecular flexibility index (Phi) is 3.50. The van der Waals surface area contributed by atoms with Gasteiger partial charge in [0.1, 0.15) is 5.82 Å². The Balaban J connectivity index is 2.09.